The summed E-state index contributed by atoms with van der Waals surface area (Å²) in [6, 6.07) is 31.6. The number of aromatic carboxylic acids is 1. The van der Waals surface area contributed by atoms with Crippen LogP contribution in [-0.2, 0) is 66.7 Å². The van der Waals surface area contributed by atoms with Crippen molar-refractivity contribution in [3.05, 3.63) is 183 Å². The van der Waals surface area contributed by atoms with Crippen molar-refractivity contribution >= 4 is 79.7 Å². The number of hydrogen-bond donors (Lipinski definition) is 10. The van der Waals surface area contributed by atoms with Crippen LogP contribution in [0.3, 0.4) is 0 Å². The molecule has 11 N–H and O–H groups in total. The number of nitrogens with two attached hydrogens (primary N) is 1. The predicted octanol–water partition coefficient (Wildman–Crippen LogP) is 18.6. The van der Waals surface area contributed by atoms with Crippen LogP contribution < -0.4 is 32.3 Å². The predicted molar refractivity (Wildman–Crippen MR) is 583 cm³/mol. The number of fused-ring (bicyclic) bond motifs is 2. The molecule has 0 bridgehead atoms. The number of esters is 1. The Labute approximate surface area is 919 Å². The maximum atomic E-state index is 13.0. The zero-order chi connectivity index (χ0) is 112. The summed E-state index contributed by atoms with van der Waals surface area (Å²) in [5.74, 6) is -3.28. The first-order chi connectivity index (χ1) is 70.6. The molecule has 6 unspecified atom stereocenters. The zero-order valence-corrected chi connectivity index (χ0v) is 96.7. The molecule has 0 saturated carbocycles. The molecular formula is C116H176BN9O23U. The monoisotopic (exact) mass is 2310 g/mol. The van der Waals surface area contributed by atoms with E-state index < -0.39 is 136 Å². The first kappa shape index (κ1) is 132. The second-order valence-electron chi connectivity index (χ2n) is 43.6. The number of hydrogen-bond acceptors (Lipinski definition) is 23. The Balaban J connectivity index is 0.000000455. The molecule has 0 aliphatic carbocycles. The SMILES string of the molecule is C=CCCCCC(=O)C(O)[C@H](CC=C)CC(=O)OC(C)(C)C.C=CCCCCC(=O)C1OC(C)(C)N(C(=O)OC(C)(C)C)[C@H]1CC=C.CC(C)(C)OC(=O)N1[C@H]2C/C=C/CCCNC(=O)C2OC1(C)C.CC(C)(C)OC(=O)N1[C@H]2CCCCCCNC(=O)C2OC1(C)C.N[C@H]1CCCCCCNC(=O)C1O.O=C(N[C@H]1CCCCCCNC(=O)C1O)c1ccccc1-c1ccccc1.O=C(O)c1ccccc1-c1ccccc1.[3H][B].[U]. The van der Waals surface area contributed by atoms with Gasteiger partial charge in [0.25, 0.3) is 23.6 Å². The quantitative estimate of drug-likeness (QED) is 0.0102. The van der Waals surface area contributed by atoms with E-state index in [-0.39, 0.29) is 84.8 Å². The molecule has 2 radical (unpaired) electrons. The Kier molecular flexibility index (Phi) is 58.2. The van der Waals surface area contributed by atoms with Gasteiger partial charge >= 0.3 is 30.2 Å². The fourth-order valence-corrected chi connectivity index (χ4v) is 18.0. The molecule has 7 aliphatic rings. The van der Waals surface area contributed by atoms with Crippen molar-refractivity contribution in [3.63, 3.8) is 0 Å². The average molecular weight is 2320 g/mol. The third-order valence-electron chi connectivity index (χ3n) is 25.1. The van der Waals surface area contributed by atoms with Crippen molar-refractivity contribution in [3.8, 4) is 22.3 Å². The number of benzene rings is 4. The van der Waals surface area contributed by atoms with E-state index in [0.717, 1.165) is 164 Å². The summed E-state index contributed by atoms with van der Waals surface area (Å²) < 4.78 is 45.0. The molecule has 0 aromatic heterocycles. The number of aliphatic hydroxyl groups excluding tert-OH is 3. The maximum absolute atomic E-state index is 13.0. The summed E-state index contributed by atoms with van der Waals surface area (Å²) in [4.78, 5) is 151. The molecule has 6 saturated heterocycles. The normalized spacial score (nSPS) is 22.4. The fraction of sp³-hybridized carbons (Fsp3) is 0.603. The first-order valence-electron chi connectivity index (χ1n) is 53.4. The van der Waals surface area contributed by atoms with E-state index in [1.165, 1.54) is 0 Å². The summed E-state index contributed by atoms with van der Waals surface area (Å²) in [6.45, 7) is 49.8. The Morgan fingerprint density at radius 2 is 0.900 bits per heavy atom. The van der Waals surface area contributed by atoms with Crippen molar-refractivity contribution in [2.75, 3.05) is 26.2 Å². The number of carboxylic acids is 1. The maximum Gasteiger partial charge on any atom is 0.412 e. The summed E-state index contributed by atoms with van der Waals surface area (Å²) in [5.41, 5.74) is 4.96. The number of carbonyl (C=O) groups excluding carboxylic acids is 11. The largest absolute Gasteiger partial charge is 0.478 e. The van der Waals surface area contributed by atoms with Gasteiger partial charge in [0.1, 0.15) is 57.9 Å². The minimum absolute atomic E-state index is 0. The number of rotatable bonds is 24. The second-order valence-corrected chi connectivity index (χ2v) is 43.6. The number of unbranched alkanes of at least 4 members (excludes halogenated alkanes) is 4. The third kappa shape index (κ3) is 46.8. The van der Waals surface area contributed by atoms with E-state index >= 15 is 0 Å². The number of carbonyl (C=O) groups is 12. The molecule has 7 heterocycles. The first-order valence-corrected chi connectivity index (χ1v) is 52.8. The van der Waals surface area contributed by atoms with Gasteiger partial charge in [-0.15, -0.1) is 26.3 Å². The molecule has 7 aliphatic heterocycles. The summed E-state index contributed by atoms with van der Waals surface area (Å²) in [5, 5.41) is 53.2. The van der Waals surface area contributed by atoms with Crippen LogP contribution in [0.4, 0.5) is 14.4 Å². The topological polar surface area (TPSA) is 446 Å². The van der Waals surface area contributed by atoms with Gasteiger partial charge in [0, 0.05) is 96.0 Å². The van der Waals surface area contributed by atoms with Gasteiger partial charge in [-0.1, -0.05) is 191 Å². The average Bonchev–Trinajstić information content (AvgIpc) is 1.61. The van der Waals surface area contributed by atoms with Crippen LogP contribution in [-0.4, -0.2) is 249 Å². The Hall–Kier alpha value is -10.1. The fourth-order valence-electron chi connectivity index (χ4n) is 18.0. The van der Waals surface area contributed by atoms with Crippen molar-refractivity contribution in [1.82, 2.24) is 41.3 Å². The summed E-state index contributed by atoms with van der Waals surface area (Å²) in [7, 11) is 3.75. The number of amides is 8. The molecule has 4 aromatic rings. The molecule has 11 rings (SSSR count). The van der Waals surface area contributed by atoms with E-state index in [0.29, 0.717) is 75.8 Å². The van der Waals surface area contributed by atoms with E-state index in [9.17, 15) is 72.9 Å². The van der Waals surface area contributed by atoms with Gasteiger partial charge in [-0.2, -0.15) is 0 Å². The van der Waals surface area contributed by atoms with Crippen molar-refractivity contribution in [2.45, 2.75) is 417 Å². The molecule has 830 valence electrons. The van der Waals surface area contributed by atoms with Gasteiger partial charge in [0.05, 0.1) is 36.2 Å². The van der Waals surface area contributed by atoms with Gasteiger partial charge in [-0.25, -0.2) is 19.2 Å². The Morgan fingerprint density at radius 3 is 1.37 bits per heavy atom. The number of allylic oxidation sites excluding steroid dienone is 4. The van der Waals surface area contributed by atoms with Crippen LogP contribution in [0.25, 0.3) is 22.3 Å². The molecule has 0 spiro atoms. The molecule has 8 amide bonds. The standard InChI is InChI=1S/C22H26N2O3.C20H33NO4.C18H30O4.C17H30N2O4.C17H28N2O4.C13H10O2.C9H18N2O2.BH.U/c25-20-19(14-6-1-2-9-15-23-22(20)27)24-21(26)18-13-8-7-12-17(18)16-10-4-3-5-11-16;1-8-10-11-12-14-16(22)17-15(13-9-2)21(20(6,7)24-17)18(23)25-19(3,4)5;1-6-8-9-10-12-15(19)17(21)14(11-7-2)13-16(20)22-18(3,4)5;2*1-16(2,3)23-15(21)19-12-10-8-6-7-9-11-18-14(20)13(12)22-17(19,4)5;14-13(15)12-9-5-4-8-11(12)10-6-2-1-3-7-10;10-7-5-3-1-2-4-6-11-9(13)8(7)12;;/h3-5,7-8,10-13,19-20,25H,1-2,6,9,14-15H2,(H,23,27)(H,24,26);8-9,15,17H,1-2,10-14H2,3-7H3;6-7,14,17,21H,1-2,8-13H2,3-5H3;12-13H,6-11H2,1-5H3,(H,18,20);6,8,12-13H,7,9-11H2,1-5H3,(H,18,20);1-9H,(H,14,15);7-8,12H,1-6,10H2,(H,11,13);1H;/b;;;;8-6+;;;;/t19-,20?;15-,17?;14-,17?;2*12-,13?;;7-,8?;;/m00100.0../s1/i;;;;;;;1T;. The van der Waals surface area contributed by atoms with Gasteiger partial charge in [-0.05, 0) is 270 Å². The minimum Gasteiger partial charge on any atom is -0.478 e. The zero-order valence-electron chi connectivity index (χ0n) is 93.5. The number of nitrogens with one attached hydrogen (secondary N) is 5. The van der Waals surface area contributed by atoms with Gasteiger partial charge < -0.3 is 85.9 Å². The van der Waals surface area contributed by atoms with Crippen LogP contribution in [0.5, 0.6) is 0 Å². The number of nitrogens with zero attached hydrogens (tertiary/aromatic N) is 3. The van der Waals surface area contributed by atoms with Crippen LogP contribution >= 0.6 is 0 Å². The van der Waals surface area contributed by atoms with E-state index in [1.54, 1.807) is 93.5 Å². The summed E-state index contributed by atoms with van der Waals surface area (Å²) >= 11 is 0. The molecule has 34 heteroatoms. The number of aliphatic hydroxyl groups is 3. The van der Waals surface area contributed by atoms with Crippen molar-refractivity contribution < 1.29 is 142 Å². The number of carboxylic acid groups (broad SMARTS) is 1. The van der Waals surface area contributed by atoms with Gasteiger partial charge in [-0.3, -0.25) is 53.1 Å². The van der Waals surface area contributed by atoms with E-state index in [4.69, 9.17) is 45.3 Å². The molecular weight excluding hydrogens is 2140 g/mol. The van der Waals surface area contributed by atoms with Gasteiger partial charge in [0.2, 0.25) is 5.91 Å². The van der Waals surface area contributed by atoms with E-state index in [1.807, 2.05) is 185 Å². The Bertz CT molecular complexity index is 4940. The summed E-state index contributed by atoms with van der Waals surface area (Å²) in [6.07, 6.45) is 27.8. The molecule has 6 fully saturated rings. The molecule has 32 nitrogen and oxygen atoms in total. The van der Waals surface area contributed by atoms with Crippen LogP contribution in [0.1, 0.15) is 332 Å². The number of ether oxygens (including phenoxy) is 7. The molecule has 4 aromatic carbocycles. The number of ketones is 2. The Morgan fingerprint density at radius 1 is 0.493 bits per heavy atom. The second kappa shape index (κ2) is 66.1. The van der Waals surface area contributed by atoms with Crippen molar-refractivity contribution in [2.24, 2.45) is 11.7 Å². The third-order valence-corrected chi connectivity index (χ3v) is 25.1. The van der Waals surface area contributed by atoms with Crippen LogP contribution in [0.2, 0.25) is 0 Å². The van der Waals surface area contributed by atoms with Crippen LogP contribution in [0, 0.1) is 37.0 Å². The smallest absolute Gasteiger partial charge is 0.412 e. The van der Waals surface area contributed by atoms with Crippen LogP contribution in [0.15, 0.2) is 172 Å². The van der Waals surface area contributed by atoms with Gasteiger partial charge in [0.15, 0.2) is 29.9 Å². The molecule has 150 heavy (non-hydrogen) atoms. The van der Waals surface area contributed by atoms with E-state index in [2.05, 4.69) is 67.4 Å². The molecule has 12 atom stereocenters. The van der Waals surface area contributed by atoms with Crippen molar-refractivity contribution in [1.29, 1.82) is 1.34 Å². The number of Topliss-reactive ketones (excluding diaryl/α,β-unsaturated/α-hetero) is 2. The minimum atomic E-state index is -1.24.